The molecule has 128 valence electrons. The molecule has 2 rings (SSSR count). The van der Waals surface area contributed by atoms with Crippen LogP contribution in [0.15, 0.2) is 52.9 Å². The zero-order valence-corrected chi connectivity index (χ0v) is 14.5. The number of carbonyl (C=O) groups is 1. The van der Waals surface area contributed by atoms with E-state index in [0.717, 1.165) is 4.90 Å². The Morgan fingerprint density at radius 1 is 1.36 bits per heavy atom. The number of rotatable bonds is 7. The fourth-order valence-electron chi connectivity index (χ4n) is 2.15. The van der Waals surface area contributed by atoms with Crippen LogP contribution in [0, 0.1) is 11.3 Å². The molecule has 0 bridgehead atoms. The number of hydrogen-bond donors (Lipinski definition) is 2. The first kappa shape index (κ1) is 18.4. The van der Waals surface area contributed by atoms with E-state index in [1.807, 2.05) is 37.3 Å². The molecule has 0 heterocycles. The Morgan fingerprint density at radius 3 is 2.68 bits per heavy atom. The molecule has 0 saturated carbocycles. The number of nitrogens with two attached hydrogens (primary N) is 1. The second-order valence-corrected chi connectivity index (χ2v) is 6.14. The molecule has 0 aliphatic rings. The second kappa shape index (κ2) is 8.81. The third-order valence-electron chi connectivity index (χ3n) is 3.31. The highest BCUT2D eigenvalue weighted by molar-refractivity contribution is 7.98. The van der Waals surface area contributed by atoms with E-state index >= 15 is 0 Å². The van der Waals surface area contributed by atoms with E-state index in [1.165, 1.54) is 6.08 Å². The van der Waals surface area contributed by atoms with Gasteiger partial charge in [-0.25, -0.2) is 0 Å². The maximum atomic E-state index is 11.3. The molecular weight excluding hydrogens is 336 g/mol. The van der Waals surface area contributed by atoms with Gasteiger partial charge in [0, 0.05) is 16.2 Å². The molecule has 5 nitrogen and oxygen atoms in total. The van der Waals surface area contributed by atoms with Crippen molar-refractivity contribution in [2.24, 2.45) is 5.73 Å². The van der Waals surface area contributed by atoms with Gasteiger partial charge >= 0.3 is 0 Å². The third-order valence-corrected chi connectivity index (χ3v) is 4.37. The fraction of sp³-hybridized carbons (Fsp3) is 0.158. The number of carbonyl (C=O) groups excluding carboxylic acids is 1. The van der Waals surface area contributed by atoms with E-state index in [1.54, 1.807) is 30.0 Å². The van der Waals surface area contributed by atoms with Crippen molar-refractivity contribution >= 4 is 23.7 Å². The summed E-state index contributed by atoms with van der Waals surface area (Å²) in [7, 11) is 0. The van der Waals surface area contributed by atoms with E-state index < -0.39 is 5.91 Å². The Hall–Kier alpha value is -2.91. The van der Waals surface area contributed by atoms with E-state index in [2.05, 4.69) is 0 Å². The largest absolute Gasteiger partial charge is 0.504 e. The summed E-state index contributed by atoms with van der Waals surface area (Å²) in [6.07, 6.45) is 1.39. The summed E-state index contributed by atoms with van der Waals surface area (Å²) in [5, 5.41) is 19.4. The summed E-state index contributed by atoms with van der Waals surface area (Å²) in [4.78, 5) is 12.3. The molecule has 0 radical (unpaired) electrons. The molecule has 0 unspecified atom stereocenters. The van der Waals surface area contributed by atoms with Crippen molar-refractivity contribution in [3.05, 3.63) is 59.2 Å². The molecule has 0 spiro atoms. The number of amides is 1. The van der Waals surface area contributed by atoms with Crippen LogP contribution in [0.4, 0.5) is 0 Å². The predicted octanol–water partition coefficient (Wildman–Crippen LogP) is 3.48. The van der Waals surface area contributed by atoms with Crippen molar-refractivity contribution in [3.8, 4) is 17.6 Å². The van der Waals surface area contributed by atoms with Crippen LogP contribution in [0.1, 0.15) is 18.1 Å². The molecule has 1 amide bonds. The maximum absolute atomic E-state index is 11.3. The lowest BCUT2D eigenvalue weighted by molar-refractivity contribution is -0.114. The molecule has 3 N–H and O–H groups in total. The van der Waals surface area contributed by atoms with Crippen molar-refractivity contribution in [1.29, 1.82) is 5.26 Å². The molecule has 0 aromatic heterocycles. The monoisotopic (exact) mass is 354 g/mol. The summed E-state index contributed by atoms with van der Waals surface area (Å²) in [5.41, 5.74) is 6.24. The van der Waals surface area contributed by atoms with Gasteiger partial charge in [0.1, 0.15) is 11.6 Å². The Balaban J connectivity index is 2.37. The van der Waals surface area contributed by atoms with Gasteiger partial charge < -0.3 is 15.6 Å². The van der Waals surface area contributed by atoms with E-state index in [0.29, 0.717) is 29.2 Å². The lowest BCUT2D eigenvalue weighted by Gasteiger charge is -2.12. The number of primary amides is 1. The number of nitrogens with zero attached hydrogens (tertiary/aromatic N) is 1. The highest BCUT2D eigenvalue weighted by Crippen LogP contribution is 2.36. The number of phenols is 1. The van der Waals surface area contributed by atoms with E-state index in [-0.39, 0.29) is 11.3 Å². The summed E-state index contributed by atoms with van der Waals surface area (Å²) in [5.74, 6) is 0.0752. The minimum Gasteiger partial charge on any atom is -0.504 e. The van der Waals surface area contributed by atoms with Crippen molar-refractivity contribution < 1.29 is 14.6 Å². The topological polar surface area (TPSA) is 96.3 Å². The minimum atomic E-state index is -0.797. The fourth-order valence-corrected chi connectivity index (χ4v) is 3.04. The summed E-state index contributed by atoms with van der Waals surface area (Å²) in [6.45, 7) is 2.19. The maximum Gasteiger partial charge on any atom is 0.259 e. The Morgan fingerprint density at radius 2 is 2.08 bits per heavy atom. The Bertz CT molecular complexity index is 827. The normalized spacial score (nSPS) is 11.0. The van der Waals surface area contributed by atoms with Gasteiger partial charge in [0.15, 0.2) is 11.5 Å². The van der Waals surface area contributed by atoms with Crippen LogP contribution in [0.3, 0.4) is 0 Å². The van der Waals surface area contributed by atoms with Crippen LogP contribution >= 0.6 is 11.8 Å². The smallest absolute Gasteiger partial charge is 0.259 e. The van der Waals surface area contributed by atoms with Gasteiger partial charge in [-0.2, -0.15) is 5.26 Å². The van der Waals surface area contributed by atoms with Gasteiger partial charge in [0.2, 0.25) is 0 Å². The third kappa shape index (κ3) is 5.03. The summed E-state index contributed by atoms with van der Waals surface area (Å²) in [6, 6.07) is 14.9. The van der Waals surface area contributed by atoms with Crippen LogP contribution in [-0.4, -0.2) is 17.6 Å². The van der Waals surface area contributed by atoms with Gasteiger partial charge in [0.25, 0.3) is 5.91 Å². The van der Waals surface area contributed by atoms with Gasteiger partial charge in [-0.3, -0.25) is 4.79 Å². The molecule has 0 aliphatic carbocycles. The van der Waals surface area contributed by atoms with Crippen LogP contribution < -0.4 is 10.5 Å². The SMILES string of the molecule is CCOc1cc(/C=C(\C#N)C(N)=O)cc(CSc2ccccc2)c1O. The number of nitriles is 1. The molecule has 25 heavy (non-hydrogen) atoms. The molecule has 0 aliphatic heterocycles. The molecular formula is C19H18N2O3S. The number of thioether (sulfide) groups is 1. The Labute approximate surface area is 150 Å². The van der Waals surface area contributed by atoms with Gasteiger partial charge in [-0.05, 0) is 42.8 Å². The quantitative estimate of drug-likeness (QED) is 0.451. The highest BCUT2D eigenvalue weighted by atomic mass is 32.2. The standard InChI is InChI=1S/C19H18N2O3S/c1-2-24-17-10-13(8-14(11-20)19(21)23)9-15(18(17)22)12-25-16-6-4-3-5-7-16/h3-10,22H,2,12H2,1H3,(H2,21,23)/b14-8+. The molecule has 0 fully saturated rings. The first-order valence-electron chi connectivity index (χ1n) is 7.63. The summed E-state index contributed by atoms with van der Waals surface area (Å²) >= 11 is 1.56. The number of ether oxygens (including phenoxy) is 1. The number of phenolic OH excluding ortho intramolecular Hbond substituents is 1. The van der Waals surface area contributed by atoms with Crippen molar-refractivity contribution in [2.45, 2.75) is 17.6 Å². The molecule has 0 saturated heterocycles. The van der Waals surface area contributed by atoms with Crippen LogP contribution in [0.25, 0.3) is 6.08 Å². The Kier molecular flexibility index (Phi) is 6.49. The number of hydrogen-bond acceptors (Lipinski definition) is 5. The number of aromatic hydroxyl groups is 1. The van der Waals surface area contributed by atoms with Crippen LogP contribution in [0.5, 0.6) is 11.5 Å². The molecule has 6 heteroatoms. The van der Waals surface area contributed by atoms with Gasteiger partial charge in [0.05, 0.1) is 6.61 Å². The number of benzene rings is 2. The lowest BCUT2D eigenvalue weighted by atomic mass is 10.1. The first-order valence-corrected chi connectivity index (χ1v) is 8.61. The van der Waals surface area contributed by atoms with Crippen LogP contribution in [-0.2, 0) is 10.5 Å². The average molecular weight is 354 g/mol. The van der Waals surface area contributed by atoms with E-state index in [4.69, 9.17) is 15.7 Å². The van der Waals surface area contributed by atoms with Gasteiger partial charge in [-0.15, -0.1) is 11.8 Å². The molecule has 0 atom stereocenters. The second-order valence-electron chi connectivity index (χ2n) is 5.10. The average Bonchev–Trinajstić information content (AvgIpc) is 2.61. The zero-order chi connectivity index (χ0) is 18.2. The molecule has 2 aromatic carbocycles. The first-order chi connectivity index (χ1) is 12.0. The minimum absolute atomic E-state index is 0.0556. The van der Waals surface area contributed by atoms with E-state index in [9.17, 15) is 9.90 Å². The molecule has 2 aromatic rings. The van der Waals surface area contributed by atoms with Crippen molar-refractivity contribution in [1.82, 2.24) is 0 Å². The lowest BCUT2D eigenvalue weighted by Crippen LogP contribution is -2.12. The highest BCUT2D eigenvalue weighted by Gasteiger charge is 2.12. The van der Waals surface area contributed by atoms with Crippen molar-refractivity contribution in [3.63, 3.8) is 0 Å². The van der Waals surface area contributed by atoms with Crippen molar-refractivity contribution in [2.75, 3.05) is 6.61 Å². The zero-order valence-electron chi connectivity index (χ0n) is 13.7. The van der Waals surface area contributed by atoms with Gasteiger partial charge in [-0.1, -0.05) is 18.2 Å². The summed E-state index contributed by atoms with van der Waals surface area (Å²) < 4.78 is 5.46. The predicted molar refractivity (Wildman–Crippen MR) is 98.1 cm³/mol. The van der Waals surface area contributed by atoms with Crippen LogP contribution in [0.2, 0.25) is 0 Å².